The number of hydrogen-bond acceptors (Lipinski definition) is 2. The molecule has 4 aliphatic rings. The van der Waals surface area contributed by atoms with Crippen LogP contribution >= 0.6 is 27.5 Å². The highest BCUT2D eigenvalue weighted by atomic mass is 79.9. The molecule has 1 spiro atoms. The number of fused-ring (bicyclic) bond motifs is 1. The van der Waals surface area contributed by atoms with E-state index in [-0.39, 0.29) is 38.5 Å². The molecule has 5 unspecified atom stereocenters. The van der Waals surface area contributed by atoms with Gasteiger partial charge >= 0.3 is 0 Å². The topological polar surface area (TPSA) is 26.3 Å². The van der Waals surface area contributed by atoms with Crippen LogP contribution in [0.3, 0.4) is 0 Å². The summed E-state index contributed by atoms with van der Waals surface area (Å²) < 4.78 is 6.05. The second kappa shape index (κ2) is 3.86. The van der Waals surface area contributed by atoms with Gasteiger partial charge in [-0.15, -0.1) is 11.6 Å². The lowest BCUT2D eigenvalue weighted by molar-refractivity contribution is -0.197. The second-order valence-corrected chi connectivity index (χ2v) is 8.98. The smallest absolute Gasteiger partial charge is 0.172 e. The fourth-order valence-corrected chi connectivity index (χ4v) is 5.24. The molecule has 0 radical (unpaired) electrons. The van der Waals surface area contributed by atoms with E-state index in [0.29, 0.717) is 0 Å². The highest BCUT2D eigenvalue weighted by Crippen LogP contribution is 2.64. The number of Topliss-reactive ketones (excluding diaryl/α,β-unsaturated/α-hetero) is 1. The van der Waals surface area contributed by atoms with Gasteiger partial charge in [0.15, 0.2) is 5.78 Å². The van der Waals surface area contributed by atoms with Gasteiger partial charge in [0.25, 0.3) is 0 Å². The van der Waals surface area contributed by atoms with Gasteiger partial charge < -0.3 is 4.74 Å². The molecule has 5 atom stereocenters. The Hall–Kier alpha value is 0.140. The molecule has 0 amide bonds. The average molecular weight is 348 g/mol. The van der Waals surface area contributed by atoms with Gasteiger partial charge in [-0.1, -0.05) is 35.4 Å². The van der Waals surface area contributed by atoms with Crippen LogP contribution in [0.5, 0.6) is 0 Å². The molecule has 2 aliphatic heterocycles. The van der Waals surface area contributed by atoms with Crippen molar-refractivity contribution in [2.75, 3.05) is 0 Å². The van der Waals surface area contributed by atoms with Crippen LogP contribution in [0, 0.1) is 10.8 Å². The minimum Gasteiger partial charge on any atom is -0.362 e. The molecule has 2 aliphatic carbocycles. The van der Waals surface area contributed by atoms with Crippen molar-refractivity contribution in [3.05, 3.63) is 11.6 Å². The second-order valence-electron chi connectivity index (χ2n) is 7.01. The van der Waals surface area contributed by atoms with E-state index in [1.807, 2.05) is 6.08 Å². The number of rotatable bonds is 0. The number of ether oxygens (including phenoxy) is 1. The van der Waals surface area contributed by atoms with Gasteiger partial charge in [-0.3, -0.25) is 4.79 Å². The maximum atomic E-state index is 12.6. The van der Waals surface area contributed by atoms with Crippen LogP contribution in [0.4, 0.5) is 0 Å². The van der Waals surface area contributed by atoms with Crippen LogP contribution in [-0.2, 0) is 9.53 Å². The zero-order chi connectivity index (χ0) is 14.2. The monoisotopic (exact) mass is 346 g/mol. The van der Waals surface area contributed by atoms with E-state index in [0.717, 1.165) is 12.8 Å². The third kappa shape index (κ3) is 1.55. The molecular weight excluding hydrogens is 328 g/mol. The molecule has 0 aromatic carbocycles. The maximum Gasteiger partial charge on any atom is 0.172 e. The number of carbonyl (C=O) groups is 1. The van der Waals surface area contributed by atoms with Crippen molar-refractivity contribution in [1.29, 1.82) is 0 Å². The van der Waals surface area contributed by atoms with Crippen molar-refractivity contribution in [3.8, 4) is 0 Å². The first-order valence-electron chi connectivity index (χ1n) is 6.84. The van der Waals surface area contributed by atoms with E-state index in [2.05, 4.69) is 43.6 Å². The summed E-state index contributed by atoms with van der Waals surface area (Å²) in [4.78, 5) is 12.4. The Morgan fingerprint density at radius 3 is 2.63 bits per heavy atom. The Bertz CT molecular complexity index is 483. The number of hydrogen-bond donors (Lipinski definition) is 0. The van der Waals surface area contributed by atoms with Gasteiger partial charge in [-0.05, 0) is 32.8 Å². The molecule has 2 fully saturated rings. The summed E-state index contributed by atoms with van der Waals surface area (Å²) in [5, 5.41) is 0. The molecule has 4 rings (SSSR count). The lowest BCUT2D eigenvalue weighted by atomic mass is 9.47. The zero-order valence-electron chi connectivity index (χ0n) is 11.8. The summed E-state index contributed by atoms with van der Waals surface area (Å²) in [6.45, 7) is 8.35. The Morgan fingerprint density at radius 2 is 2.00 bits per heavy atom. The van der Waals surface area contributed by atoms with Crippen LogP contribution in [0.15, 0.2) is 11.6 Å². The minimum atomic E-state index is -0.376. The first-order chi connectivity index (χ1) is 8.63. The van der Waals surface area contributed by atoms with Crippen molar-refractivity contribution < 1.29 is 9.53 Å². The van der Waals surface area contributed by atoms with Crippen molar-refractivity contribution in [2.24, 2.45) is 10.8 Å². The Morgan fingerprint density at radius 1 is 1.37 bits per heavy atom. The van der Waals surface area contributed by atoms with Crippen molar-refractivity contribution in [2.45, 2.75) is 62.4 Å². The summed E-state index contributed by atoms with van der Waals surface area (Å²) in [5.41, 5.74) is 0.718. The van der Waals surface area contributed by atoms with Crippen molar-refractivity contribution in [3.63, 3.8) is 0 Å². The van der Waals surface area contributed by atoms with Crippen LogP contribution in [0.25, 0.3) is 0 Å². The van der Waals surface area contributed by atoms with E-state index in [4.69, 9.17) is 16.3 Å². The quantitative estimate of drug-likeness (QED) is 0.491. The standard InChI is InChI=1S/C15H20BrClO2/c1-8-5-9-12(18)13(2,3)15(8)6-10(16)14(4,17)7-11(15)19-9/h5,9-11H,6-7H2,1-4H3. The van der Waals surface area contributed by atoms with E-state index in [1.54, 1.807) is 0 Å². The van der Waals surface area contributed by atoms with E-state index >= 15 is 0 Å². The third-order valence-corrected chi connectivity index (χ3v) is 7.71. The first kappa shape index (κ1) is 14.1. The Labute approximate surface area is 128 Å². The maximum absolute atomic E-state index is 12.6. The SMILES string of the molecule is CC1=CC2OC3CC(C)(Cl)C(Br)CC13C(C)(C)C2=O. The summed E-state index contributed by atoms with van der Waals surface area (Å²) in [6, 6.07) is 0. The van der Waals surface area contributed by atoms with Gasteiger partial charge in [0.05, 0.1) is 11.0 Å². The van der Waals surface area contributed by atoms with Crippen molar-refractivity contribution >= 4 is 33.3 Å². The number of alkyl halides is 2. The normalized spacial score (nSPS) is 51.8. The van der Waals surface area contributed by atoms with Gasteiger partial charge in [-0.25, -0.2) is 0 Å². The summed E-state index contributed by atoms with van der Waals surface area (Å²) in [6.07, 6.45) is 3.32. The highest BCUT2D eigenvalue weighted by Gasteiger charge is 2.67. The molecule has 2 heterocycles. The molecule has 19 heavy (non-hydrogen) atoms. The number of halogens is 2. The summed E-state index contributed by atoms with van der Waals surface area (Å²) in [7, 11) is 0. The van der Waals surface area contributed by atoms with E-state index < -0.39 is 0 Å². The van der Waals surface area contributed by atoms with Gasteiger partial charge in [-0.2, -0.15) is 0 Å². The highest BCUT2D eigenvalue weighted by molar-refractivity contribution is 9.09. The Kier molecular flexibility index (Phi) is 2.87. The molecule has 106 valence electrons. The van der Waals surface area contributed by atoms with Gasteiger partial charge in [0.1, 0.15) is 6.10 Å². The lowest BCUT2D eigenvalue weighted by Crippen LogP contribution is -2.68. The third-order valence-electron chi connectivity index (χ3n) is 5.69. The van der Waals surface area contributed by atoms with Crippen LogP contribution in [0.1, 0.15) is 40.5 Å². The van der Waals surface area contributed by atoms with E-state index in [1.165, 1.54) is 5.57 Å². The van der Waals surface area contributed by atoms with E-state index in [9.17, 15) is 4.79 Å². The first-order valence-corrected chi connectivity index (χ1v) is 8.14. The molecule has 2 nitrogen and oxygen atoms in total. The summed E-state index contributed by atoms with van der Waals surface area (Å²) >= 11 is 10.4. The predicted octanol–water partition coefficient (Wildman–Crippen LogP) is 3.85. The largest absolute Gasteiger partial charge is 0.362 e. The zero-order valence-corrected chi connectivity index (χ0v) is 14.1. The molecule has 0 aromatic heterocycles. The molecule has 0 N–H and O–H groups in total. The Balaban J connectivity index is 2.15. The molecule has 0 aromatic rings. The van der Waals surface area contributed by atoms with Gasteiger partial charge in [0, 0.05) is 15.7 Å². The van der Waals surface area contributed by atoms with Crippen LogP contribution in [-0.4, -0.2) is 27.7 Å². The molecule has 4 heteroatoms. The molecule has 1 saturated heterocycles. The van der Waals surface area contributed by atoms with Gasteiger partial charge in [0.2, 0.25) is 0 Å². The summed E-state index contributed by atoms with van der Waals surface area (Å²) in [5.74, 6) is 0.215. The number of carbonyl (C=O) groups excluding carboxylic acids is 1. The van der Waals surface area contributed by atoms with Crippen LogP contribution in [0.2, 0.25) is 0 Å². The fraction of sp³-hybridized carbons (Fsp3) is 0.800. The lowest BCUT2D eigenvalue weighted by Gasteiger charge is -2.63. The fourth-order valence-electron chi connectivity index (χ4n) is 4.33. The average Bonchev–Trinajstić information content (AvgIpc) is 2.27. The molecular formula is C15H20BrClO2. The predicted molar refractivity (Wildman–Crippen MR) is 79.8 cm³/mol. The minimum absolute atomic E-state index is 0.0477. The number of ketones is 1. The van der Waals surface area contributed by atoms with Crippen LogP contribution < -0.4 is 0 Å². The van der Waals surface area contributed by atoms with Crippen molar-refractivity contribution in [1.82, 2.24) is 0 Å². The molecule has 2 bridgehead atoms. The molecule has 1 saturated carbocycles.